The Morgan fingerprint density at radius 3 is 2.25 bits per heavy atom. The van der Waals surface area contributed by atoms with E-state index in [0.29, 0.717) is 0 Å². The van der Waals surface area contributed by atoms with E-state index < -0.39 is 0 Å². The molecule has 2 aromatic rings. The smallest absolute Gasteiger partial charge is 0.116 e. The van der Waals surface area contributed by atoms with E-state index in [1.165, 1.54) is 22.3 Å². The van der Waals surface area contributed by atoms with E-state index in [1.54, 1.807) is 12.5 Å². The Hall–Kier alpha value is -1.22. The quantitative estimate of drug-likeness (QED) is 0.791. The zero-order valence-corrected chi connectivity index (χ0v) is 11.2. The molecular weight excluding hydrogens is 264 g/mol. The van der Waals surface area contributed by atoms with Gasteiger partial charge in [-0.2, -0.15) is 0 Å². The Morgan fingerprint density at radius 1 is 1.06 bits per heavy atom. The van der Waals surface area contributed by atoms with Crippen LogP contribution in [0.25, 0.3) is 11.3 Å². The largest absolute Gasteiger partial charge is 0.244 e. The molecule has 0 saturated heterocycles. The van der Waals surface area contributed by atoms with Crippen molar-refractivity contribution in [3.05, 3.63) is 45.8 Å². The van der Waals surface area contributed by atoms with Gasteiger partial charge in [0.05, 0.1) is 10.2 Å². The van der Waals surface area contributed by atoms with Gasteiger partial charge in [0.1, 0.15) is 6.33 Å². The topological polar surface area (TPSA) is 25.8 Å². The third-order valence-electron chi connectivity index (χ3n) is 2.58. The molecule has 0 saturated carbocycles. The van der Waals surface area contributed by atoms with Gasteiger partial charge in [0.2, 0.25) is 0 Å². The van der Waals surface area contributed by atoms with Crippen LogP contribution in [-0.4, -0.2) is 9.97 Å². The summed E-state index contributed by atoms with van der Waals surface area (Å²) in [5, 5.41) is 0. The second-order valence-corrected chi connectivity index (χ2v) is 4.85. The van der Waals surface area contributed by atoms with Crippen LogP contribution in [0.3, 0.4) is 0 Å². The summed E-state index contributed by atoms with van der Waals surface area (Å²) in [6.07, 6.45) is 3.36. The van der Waals surface area contributed by atoms with Gasteiger partial charge in [0, 0.05) is 11.8 Å². The zero-order valence-electron chi connectivity index (χ0n) is 9.58. The monoisotopic (exact) mass is 276 g/mol. The van der Waals surface area contributed by atoms with E-state index in [2.05, 4.69) is 58.8 Å². The summed E-state index contributed by atoms with van der Waals surface area (Å²) in [5.41, 5.74) is 5.93. The van der Waals surface area contributed by atoms with Crippen LogP contribution in [0.5, 0.6) is 0 Å². The fourth-order valence-electron chi connectivity index (χ4n) is 2.05. The van der Waals surface area contributed by atoms with Crippen LogP contribution in [0.15, 0.2) is 29.1 Å². The van der Waals surface area contributed by atoms with Crippen LogP contribution >= 0.6 is 15.9 Å². The van der Waals surface area contributed by atoms with Crippen LogP contribution in [0.4, 0.5) is 0 Å². The number of halogens is 1. The highest BCUT2D eigenvalue weighted by molar-refractivity contribution is 9.10. The standard InChI is InChI=1S/C13H13BrN2/c1-8-4-9(2)12(10(3)5-8)13-11(14)6-15-7-16-13/h4-7H,1-3H3. The summed E-state index contributed by atoms with van der Waals surface area (Å²) < 4.78 is 0.935. The molecule has 0 aliphatic rings. The second-order valence-electron chi connectivity index (χ2n) is 3.99. The van der Waals surface area contributed by atoms with Crippen LogP contribution in [0.1, 0.15) is 16.7 Å². The Kier molecular flexibility index (Phi) is 3.06. The van der Waals surface area contributed by atoms with Crippen molar-refractivity contribution in [2.24, 2.45) is 0 Å². The van der Waals surface area contributed by atoms with E-state index in [0.717, 1.165) is 10.2 Å². The van der Waals surface area contributed by atoms with Crippen molar-refractivity contribution in [3.8, 4) is 11.3 Å². The Bertz CT molecular complexity index is 512. The molecule has 0 amide bonds. The highest BCUT2D eigenvalue weighted by Gasteiger charge is 2.10. The molecule has 0 fully saturated rings. The maximum absolute atomic E-state index is 4.34. The van der Waals surface area contributed by atoms with Crippen LogP contribution < -0.4 is 0 Å². The normalized spacial score (nSPS) is 10.5. The first kappa shape index (κ1) is 11.3. The molecule has 0 N–H and O–H groups in total. The van der Waals surface area contributed by atoms with Crippen molar-refractivity contribution in [1.29, 1.82) is 0 Å². The van der Waals surface area contributed by atoms with Crippen molar-refractivity contribution >= 4 is 15.9 Å². The second kappa shape index (κ2) is 4.34. The van der Waals surface area contributed by atoms with Crippen molar-refractivity contribution in [2.75, 3.05) is 0 Å². The summed E-state index contributed by atoms with van der Waals surface area (Å²) in [6, 6.07) is 4.35. The molecule has 0 bridgehead atoms. The van der Waals surface area contributed by atoms with Crippen LogP contribution in [-0.2, 0) is 0 Å². The van der Waals surface area contributed by atoms with Gasteiger partial charge in [-0.3, -0.25) is 0 Å². The fourth-order valence-corrected chi connectivity index (χ4v) is 2.47. The number of hydrogen-bond donors (Lipinski definition) is 0. The van der Waals surface area contributed by atoms with Gasteiger partial charge in [-0.1, -0.05) is 17.7 Å². The molecule has 2 rings (SSSR count). The van der Waals surface area contributed by atoms with E-state index in [9.17, 15) is 0 Å². The maximum atomic E-state index is 4.34. The van der Waals surface area contributed by atoms with Crippen molar-refractivity contribution in [2.45, 2.75) is 20.8 Å². The molecule has 82 valence electrons. The number of aryl methyl sites for hydroxylation is 3. The van der Waals surface area contributed by atoms with Crippen molar-refractivity contribution in [3.63, 3.8) is 0 Å². The minimum Gasteiger partial charge on any atom is -0.244 e. The lowest BCUT2D eigenvalue weighted by Crippen LogP contribution is -1.94. The predicted octanol–water partition coefficient (Wildman–Crippen LogP) is 3.83. The minimum atomic E-state index is 0.935. The van der Waals surface area contributed by atoms with E-state index in [4.69, 9.17) is 0 Å². The lowest BCUT2D eigenvalue weighted by Gasteiger charge is -2.11. The summed E-state index contributed by atoms with van der Waals surface area (Å²) in [7, 11) is 0. The van der Waals surface area contributed by atoms with Gasteiger partial charge >= 0.3 is 0 Å². The van der Waals surface area contributed by atoms with Gasteiger partial charge < -0.3 is 0 Å². The first-order valence-corrected chi connectivity index (χ1v) is 5.92. The predicted molar refractivity (Wildman–Crippen MR) is 69.4 cm³/mol. The molecule has 1 aromatic heterocycles. The molecule has 0 unspecified atom stereocenters. The fraction of sp³-hybridized carbons (Fsp3) is 0.231. The van der Waals surface area contributed by atoms with E-state index in [-0.39, 0.29) is 0 Å². The van der Waals surface area contributed by atoms with E-state index in [1.807, 2.05) is 0 Å². The average Bonchev–Trinajstić information content (AvgIpc) is 2.19. The molecule has 0 aliphatic carbocycles. The number of nitrogens with zero attached hydrogens (tertiary/aromatic N) is 2. The first-order valence-electron chi connectivity index (χ1n) is 5.13. The molecule has 0 atom stereocenters. The molecule has 16 heavy (non-hydrogen) atoms. The number of rotatable bonds is 1. The van der Waals surface area contributed by atoms with Gasteiger partial charge in [0.25, 0.3) is 0 Å². The third-order valence-corrected chi connectivity index (χ3v) is 3.16. The van der Waals surface area contributed by atoms with Crippen molar-refractivity contribution in [1.82, 2.24) is 9.97 Å². The first-order chi connectivity index (χ1) is 7.59. The van der Waals surface area contributed by atoms with E-state index >= 15 is 0 Å². The van der Waals surface area contributed by atoms with Gasteiger partial charge in [-0.15, -0.1) is 0 Å². The highest BCUT2D eigenvalue weighted by Crippen LogP contribution is 2.31. The van der Waals surface area contributed by atoms with Gasteiger partial charge in [0.15, 0.2) is 0 Å². The van der Waals surface area contributed by atoms with Crippen molar-refractivity contribution < 1.29 is 0 Å². The number of hydrogen-bond acceptors (Lipinski definition) is 2. The van der Waals surface area contributed by atoms with Gasteiger partial charge in [-0.25, -0.2) is 9.97 Å². The van der Waals surface area contributed by atoms with Gasteiger partial charge in [-0.05, 0) is 47.8 Å². The highest BCUT2D eigenvalue weighted by atomic mass is 79.9. The zero-order chi connectivity index (χ0) is 11.7. The molecule has 0 aliphatic heterocycles. The maximum Gasteiger partial charge on any atom is 0.116 e. The molecule has 1 aromatic carbocycles. The molecule has 1 heterocycles. The molecular formula is C13H13BrN2. The Balaban J connectivity index is 2.70. The summed E-state index contributed by atoms with van der Waals surface area (Å²) in [6.45, 7) is 6.34. The molecule has 0 spiro atoms. The SMILES string of the molecule is Cc1cc(C)c(-c2ncncc2Br)c(C)c1. The lowest BCUT2D eigenvalue weighted by atomic mass is 9.97. The summed E-state index contributed by atoms with van der Waals surface area (Å²) in [4.78, 5) is 8.33. The molecule has 0 radical (unpaired) electrons. The molecule has 3 heteroatoms. The summed E-state index contributed by atoms with van der Waals surface area (Å²) in [5.74, 6) is 0. The summed E-state index contributed by atoms with van der Waals surface area (Å²) >= 11 is 3.49. The Morgan fingerprint density at radius 2 is 1.69 bits per heavy atom. The molecule has 2 nitrogen and oxygen atoms in total. The minimum absolute atomic E-state index is 0.935. The lowest BCUT2D eigenvalue weighted by molar-refractivity contribution is 1.14. The third kappa shape index (κ3) is 2.00. The Labute approximate surface area is 104 Å². The van der Waals surface area contributed by atoms with Crippen LogP contribution in [0.2, 0.25) is 0 Å². The number of benzene rings is 1. The van der Waals surface area contributed by atoms with Crippen LogP contribution in [0, 0.1) is 20.8 Å². The number of aromatic nitrogens is 2. The average molecular weight is 277 g/mol.